The Kier molecular flexibility index (Phi) is 5.15. The Morgan fingerprint density at radius 2 is 2.17 bits per heavy atom. The van der Waals surface area contributed by atoms with Crippen LogP contribution in [0.25, 0.3) is 0 Å². The summed E-state index contributed by atoms with van der Waals surface area (Å²) in [4.78, 5) is 22.0. The molecule has 0 radical (unpaired) electrons. The van der Waals surface area contributed by atoms with Crippen LogP contribution in [0.5, 0.6) is 5.75 Å². The van der Waals surface area contributed by atoms with Gasteiger partial charge in [0.1, 0.15) is 11.8 Å². The first-order chi connectivity index (χ1) is 8.43. The number of nitrogens with one attached hydrogen (secondary N) is 1. The maximum Gasteiger partial charge on any atom is 0.326 e. The van der Waals surface area contributed by atoms with E-state index < -0.39 is 12.0 Å². The monoisotopic (exact) mass is 315 g/mol. The van der Waals surface area contributed by atoms with Gasteiger partial charge in [-0.2, -0.15) is 0 Å². The highest BCUT2D eigenvalue weighted by Crippen LogP contribution is 2.23. The molecule has 1 aromatic carbocycles. The molecule has 6 heteroatoms. The maximum atomic E-state index is 11.0. The topological polar surface area (TPSA) is 75.6 Å². The third kappa shape index (κ3) is 4.03. The van der Waals surface area contributed by atoms with Gasteiger partial charge in [0.2, 0.25) is 5.91 Å². The third-order valence-corrected chi connectivity index (χ3v) is 3.13. The lowest BCUT2D eigenvalue weighted by molar-refractivity contribution is -0.141. The third-order valence-electron chi connectivity index (χ3n) is 2.35. The van der Waals surface area contributed by atoms with Crippen LogP contribution in [0.15, 0.2) is 22.7 Å². The number of hydrogen-bond acceptors (Lipinski definition) is 3. The Balaban J connectivity index is 2.92. The molecule has 5 nitrogen and oxygen atoms in total. The minimum atomic E-state index is -1.07. The number of halogens is 1. The molecule has 1 amide bonds. The molecule has 0 bridgehead atoms. The lowest BCUT2D eigenvalue weighted by Crippen LogP contribution is -2.41. The van der Waals surface area contributed by atoms with Gasteiger partial charge in [-0.15, -0.1) is 0 Å². The molecule has 0 aliphatic heterocycles. The molecule has 1 aromatic rings. The standard InChI is InChI=1S/C12H14BrNO4/c1-7(15)14-11(12(16)17)6-8-5-9(18-2)3-4-10(8)13/h3-5,11H,6H2,1-2H3,(H,14,15)(H,16,17). The molecule has 1 unspecified atom stereocenters. The second kappa shape index (κ2) is 6.39. The van der Waals surface area contributed by atoms with E-state index in [1.54, 1.807) is 18.2 Å². The summed E-state index contributed by atoms with van der Waals surface area (Å²) in [5.41, 5.74) is 0.760. The fraction of sp³-hybridized carbons (Fsp3) is 0.333. The van der Waals surface area contributed by atoms with E-state index in [1.165, 1.54) is 14.0 Å². The van der Waals surface area contributed by atoms with Gasteiger partial charge in [-0.1, -0.05) is 15.9 Å². The van der Waals surface area contributed by atoms with Crippen molar-refractivity contribution in [2.45, 2.75) is 19.4 Å². The van der Waals surface area contributed by atoms with Crippen molar-refractivity contribution in [2.24, 2.45) is 0 Å². The number of hydrogen-bond donors (Lipinski definition) is 2. The Labute approximate surface area is 113 Å². The van der Waals surface area contributed by atoms with Crippen LogP contribution in [-0.2, 0) is 16.0 Å². The SMILES string of the molecule is COc1ccc(Br)c(CC(NC(C)=O)C(=O)O)c1. The zero-order chi connectivity index (χ0) is 13.7. The molecule has 0 aliphatic rings. The number of carbonyl (C=O) groups excluding carboxylic acids is 1. The predicted molar refractivity (Wildman–Crippen MR) is 69.6 cm³/mol. The summed E-state index contributed by atoms with van der Waals surface area (Å²) >= 11 is 3.34. The zero-order valence-corrected chi connectivity index (χ0v) is 11.7. The first-order valence-corrected chi connectivity index (χ1v) is 6.05. The molecule has 0 aromatic heterocycles. The Hall–Kier alpha value is -1.56. The highest BCUT2D eigenvalue weighted by atomic mass is 79.9. The molecular weight excluding hydrogens is 302 g/mol. The number of rotatable bonds is 5. The average molecular weight is 316 g/mol. The van der Waals surface area contributed by atoms with Gasteiger partial charge in [-0.05, 0) is 23.8 Å². The van der Waals surface area contributed by atoms with Crippen molar-refractivity contribution in [2.75, 3.05) is 7.11 Å². The lowest BCUT2D eigenvalue weighted by atomic mass is 10.1. The van der Waals surface area contributed by atoms with Crippen LogP contribution in [-0.4, -0.2) is 30.1 Å². The number of aliphatic carboxylic acids is 1. The second-order valence-electron chi connectivity index (χ2n) is 3.75. The van der Waals surface area contributed by atoms with E-state index in [-0.39, 0.29) is 12.3 Å². The zero-order valence-electron chi connectivity index (χ0n) is 10.1. The summed E-state index contributed by atoms with van der Waals surface area (Å²) in [6.45, 7) is 1.29. The average Bonchev–Trinajstić information content (AvgIpc) is 2.30. The van der Waals surface area contributed by atoms with Crippen molar-refractivity contribution in [1.29, 1.82) is 0 Å². The molecule has 0 fully saturated rings. The molecule has 2 N–H and O–H groups in total. The molecule has 0 aliphatic carbocycles. The van der Waals surface area contributed by atoms with Crippen LogP contribution in [0.3, 0.4) is 0 Å². The van der Waals surface area contributed by atoms with Crippen LogP contribution in [0.4, 0.5) is 0 Å². The molecule has 0 saturated carbocycles. The van der Waals surface area contributed by atoms with E-state index in [1.807, 2.05) is 0 Å². The largest absolute Gasteiger partial charge is 0.497 e. The van der Waals surface area contributed by atoms with Gasteiger partial charge < -0.3 is 15.2 Å². The summed E-state index contributed by atoms with van der Waals surface area (Å²) in [5, 5.41) is 11.4. The minimum Gasteiger partial charge on any atom is -0.497 e. The number of carboxylic acid groups (broad SMARTS) is 1. The predicted octanol–water partition coefficient (Wildman–Crippen LogP) is 1.59. The smallest absolute Gasteiger partial charge is 0.326 e. The molecule has 18 heavy (non-hydrogen) atoms. The molecule has 1 rings (SSSR count). The fourth-order valence-corrected chi connectivity index (χ4v) is 1.91. The maximum absolute atomic E-state index is 11.0. The number of amides is 1. The van der Waals surface area contributed by atoms with Crippen LogP contribution < -0.4 is 10.1 Å². The summed E-state index contributed by atoms with van der Waals surface area (Å²) in [6, 6.07) is 4.33. The highest BCUT2D eigenvalue weighted by molar-refractivity contribution is 9.10. The van der Waals surface area contributed by atoms with Crippen LogP contribution >= 0.6 is 15.9 Å². The summed E-state index contributed by atoms with van der Waals surface area (Å²) < 4.78 is 5.86. The van der Waals surface area contributed by atoms with Gasteiger partial charge >= 0.3 is 5.97 Å². The van der Waals surface area contributed by atoms with Gasteiger partial charge in [0.05, 0.1) is 7.11 Å². The van der Waals surface area contributed by atoms with Gasteiger partial charge in [0.15, 0.2) is 0 Å². The normalized spacial score (nSPS) is 11.7. The van der Waals surface area contributed by atoms with Crippen LogP contribution in [0.2, 0.25) is 0 Å². The van der Waals surface area contributed by atoms with E-state index in [0.29, 0.717) is 5.75 Å². The fourth-order valence-electron chi connectivity index (χ4n) is 1.50. The second-order valence-corrected chi connectivity index (χ2v) is 4.61. The number of benzene rings is 1. The Bertz CT molecular complexity index is 461. The number of ether oxygens (including phenoxy) is 1. The molecule has 0 saturated heterocycles. The summed E-state index contributed by atoms with van der Waals surface area (Å²) in [7, 11) is 1.54. The van der Waals surface area contributed by atoms with E-state index in [0.717, 1.165) is 10.0 Å². The van der Waals surface area contributed by atoms with Crippen molar-refractivity contribution in [3.05, 3.63) is 28.2 Å². The molecule has 1 atom stereocenters. The van der Waals surface area contributed by atoms with Gasteiger partial charge in [-0.3, -0.25) is 4.79 Å². The summed E-state index contributed by atoms with van der Waals surface area (Å²) in [6.07, 6.45) is 0.187. The van der Waals surface area contributed by atoms with E-state index in [2.05, 4.69) is 21.2 Å². The van der Waals surface area contributed by atoms with Gasteiger partial charge in [-0.25, -0.2) is 4.79 Å². The lowest BCUT2D eigenvalue weighted by Gasteiger charge is -2.15. The number of methoxy groups -OCH3 is 1. The number of carboxylic acids is 1. The van der Waals surface area contributed by atoms with Crippen molar-refractivity contribution < 1.29 is 19.4 Å². The quantitative estimate of drug-likeness (QED) is 0.865. The first kappa shape index (κ1) is 14.5. The van der Waals surface area contributed by atoms with Gasteiger partial charge in [0.25, 0.3) is 0 Å². The van der Waals surface area contributed by atoms with E-state index in [4.69, 9.17) is 9.84 Å². The Morgan fingerprint density at radius 3 is 2.67 bits per heavy atom. The van der Waals surface area contributed by atoms with Crippen LogP contribution in [0.1, 0.15) is 12.5 Å². The van der Waals surface area contributed by atoms with E-state index in [9.17, 15) is 9.59 Å². The van der Waals surface area contributed by atoms with Crippen molar-refractivity contribution in [3.8, 4) is 5.75 Å². The summed E-state index contributed by atoms with van der Waals surface area (Å²) in [5.74, 6) is -0.804. The first-order valence-electron chi connectivity index (χ1n) is 5.26. The minimum absolute atomic E-state index is 0.187. The molecular formula is C12H14BrNO4. The van der Waals surface area contributed by atoms with Gasteiger partial charge in [0, 0.05) is 17.8 Å². The molecule has 0 heterocycles. The van der Waals surface area contributed by atoms with Crippen molar-refractivity contribution in [1.82, 2.24) is 5.32 Å². The Morgan fingerprint density at radius 1 is 1.50 bits per heavy atom. The number of carbonyl (C=O) groups is 2. The molecule has 0 spiro atoms. The van der Waals surface area contributed by atoms with Crippen molar-refractivity contribution in [3.63, 3.8) is 0 Å². The molecule has 98 valence electrons. The van der Waals surface area contributed by atoms with Crippen LogP contribution in [0, 0.1) is 0 Å². The highest BCUT2D eigenvalue weighted by Gasteiger charge is 2.20. The van der Waals surface area contributed by atoms with Crippen molar-refractivity contribution >= 4 is 27.8 Å². The van der Waals surface area contributed by atoms with E-state index >= 15 is 0 Å².